The van der Waals surface area contributed by atoms with Crippen LogP contribution in [0.5, 0.6) is 5.75 Å². The number of rotatable bonds is 7. The van der Waals surface area contributed by atoms with Gasteiger partial charge in [-0.25, -0.2) is 17.5 Å². The third-order valence-corrected chi connectivity index (χ3v) is 6.31. The number of sulfonamides is 1. The Morgan fingerprint density at radius 1 is 1.06 bits per heavy atom. The summed E-state index contributed by atoms with van der Waals surface area (Å²) in [7, 11) is -2.66. The monoisotopic (exact) mass is 462 g/mol. The van der Waals surface area contributed by atoms with Crippen LogP contribution in [0, 0.1) is 17.1 Å². The maximum absolute atomic E-state index is 14.5. The minimum absolute atomic E-state index is 0.0281. The van der Waals surface area contributed by atoms with E-state index in [1.54, 1.807) is 24.3 Å². The van der Waals surface area contributed by atoms with E-state index in [4.69, 9.17) is 4.74 Å². The van der Waals surface area contributed by atoms with Gasteiger partial charge in [0, 0.05) is 0 Å². The number of hydrogen-bond acceptors (Lipinski definition) is 5. The summed E-state index contributed by atoms with van der Waals surface area (Å²) in [6, 6.07) is 23.3. The van der Waals surface area contributed by atoms with Gasteiger partial charge in [-0.2, -0.15) is 10.4 Å². The van der Waals surface area contributed by atoms with E-state index in [0.717, 1.165) is 5.56 Å². The number of ether oxygens (including phenoxy) is 1. The van der Waals surface area contributed by atoms with Crippen molar-refractivity contribution in [1.29, 1.82) is 5.26 Å². The quantitative estimate of drug-likeness (QED) is 0.439. The summed E-state index contributed by atoms with van der Waals surface area (Å²) >= 11 is 0. The molecule has 7 nitrogen and oxygen atoms in total. The maximum Gasteiger partial charge on any atom is 0.263 e. The topological polar surface area (TPSA) is 97.0 Å². The van der Waals surface area contributed by atoms with Crippen molar-refractivity contribution in [3.63, 3.8) is 0 Å². The van der Waals surface area contributed by atoms with Gasteiger partial charge in [-0.3, -0.25) is 4.72 Å². The Morgan fingerprint density at radius 2 is 1.73 bits per heavy atom. The number of halogens is 1. The zero-order valence-electron chi connectivity index (χ0n) is 17.6. The number of nitriles is 1. The number of hydrogen-bond donors (Lipinski definition) is 1. The molecule has 0 aliphatic heterocycles. The molecule has 0 atom stereocenters. The average molecular weight is 463 g/mol. The second kappa shape index (κ2) is 9.14. The van der Waals surface area contributed by atoms with Crippen LogP contribution in [0.2, 0.25) is 0 Å². The van der Waals surface area contributed by atoms with Crippen LogP contribution in [0.4, 0.5) is 10.2 Å². The van der Waals surface area contributed by atoms with E-state index in [-0.39, 0.29) is 39.8 Å². The lowest BCUT2D eigenvalue weighted by atomic mass is 10.1. The molecule has 33 heavy (non-hydrogen) atoms. The van der Waals surface area contributed by atoms with E-state index in [1.807, 2.05) is 30.3 Å². The van der Waals surface area contributed by atoms with E-state index in [9.17, 15) is 18.1 Å². The zero-order chi connectivity index (χ0) is 23.4. The smallest absolute Gasteiger partial charge is 0.263 e. The summed E-state index contributed by atoms with van der Waals surface area (Å²) in [5.41, 5.74) is 1.42. The molecule has 0 amide bonds. The van der Waals surface area contributed by atoms with Crippen molar-refractivity contribution in [3.05, 3.63) is 95.9 Å². The normalized spacial score (nSPS) is 11.1. The van der Waals surface area contributed by atoms with Crippen molar-refractivity contribution >= 4 is 15.8 Å². The first-order valence-corrected chi connectivity index (χ1v) is 11.4. The highest BCUT2D eigenvalue weighted by atomic mass is 32.2. The number of nitrogens with zero attached hydrogens (tertiary/aromatic N) is 3. The van der Waals surface area contributed by atoms with E-state index in [0.29, 0.717) is 0 Å². The maximum atomic E-state index is 14.5. The van der Waals surface area contributed by atoms with Crippen LogP contribution in [-0.4, -0.2) is 25.3 Å². The first kappa shape index (κ1) is 22.0. The SMILES string of the molecule is COc1ccc(-c2c(NS(=O)(=O)c3ccccc3)nn(Cc3ccccc3)c2C#N)cc1F. The summed E-state index contributed by atoms with van der Waals surface area (Å²) in [6.07, 6.45) is 0. The first-order chi connectivity index (χ1) is 15.9. The molecule has 0 saturated heterocycles. The lowest BCUT2D eigenvalue weighted by molar-refractivity contribution is 0.386. The Labute approximate surface area is 190 Å². The van der Waals surface area contributed by atoms with Crippen molar-refractivity contribution in [1.82, 2.24) is 9.78 Å². The minimum atomic E-state index is -4.00. The highest BCUT2D eigenvalue weighted by molar-refractivity contribution is 7.92. The van der Waals surface area contributed by atoms with Gasteiger partial charge in [0.1, 0.15) is 11.8 Å². The van der Waals surface area contributed by atoms with Gasteiger partial charge in [-0.05, 0) is 35.4 Å². The highest BCUT2D eigenvalue weighted by Gasteiger charge is 2.25. The van der Waals surface area contributed by atoms with Crippen LogP contribution >= 0.6 is 0 Å². The molecular formula is C24H19FN4O3S. The minimum Gasteiger partial charge on any atom is -0.494 e. The molecule has 0 unspecified atom stereocenters. The molecule has 3 aromatic carbocycles. The number of benzene rings is 3. The van der Waals surface area contributed by atoms with Crippen molar-refractivity contribution in [3.8, 4) is 22.9 Å². The van der Waals surface area contributed by atoms with Gasteiger partial charge >= 0.3 is 0 Å². The van der Waals surface area contributed by atoms with Crippen LogP contribution in [-0.2, 0) is 16.6 Å². The van der Waals surface area contributed by atoms with Crippen molar-refractivity contribution in [2.24, 2.45) is 0 Å². The number of aromatic nitrogens is 2. The molecule has 1 aromatic heterocycles. The summed E-state index contributed by atoms with van der Waals surface area (Å²) in [6.45, 7) is 0.225. The fraction of sp³-hybridized carbons (Fsp3) is 0.0833. The predicted molar refractivity (Wildman–Crippen MR) is 122 cm³/mol. The molecule has 1 N–H and O–H groups in total. The van der Waals surface area contributed by atoms with Crippen molar-refractivity contribution < 1.29 is 17.5 Å². The first-order valence-electron chi connectivity index (χ1n) is 9.89. The fourth-order valence-corrected chi connectivity index (χ4v) is 4.43. The standard InChI is InChI=1S/C24H19FN4O3S/c1-32-22-13-12-18(14-20(22)25)23-21(15-26)29(16-17-8-4-2-5-9-17)27-24(23)28-33(30,31)19-10-6-3-7-11-19/h2-14H,16H2,1H3,(H,27,28). The van der Waals surface area contributed by atoms with Crippen LogP contribution in [0.25, 0.3) is 11.1 Å². The summed E-state index contributed by atoms with van der Waals surface area (Å²) in [5, 5.41) is 14.3. The molecule has 0 aliphatic carbocycles. The van der Waals surface area contributed by atoms with Gasteiger partial charge in [0.2, 0.25) is 0 Å². The van der Waals surface area contributed by atoms with E-state index in [2.05, 4.69) is 15.9 Å². The van der Waals surface area contributed by atoms with Crippen LogP contribution in [0.1, 0.15) is 11.3 Å². The summed E-state index contributed by atoms with van der Waals surface area (Å²) < 4.78 is 49.3. The molecule has 0 fully saturated rings. The van der Waals surface area contributed by atoms with Gasteiger partial charge < -0.3 is 4.74 Å². The predicted octanol–water partition coefficient (Wildman–Crippen LogP) is 4.42. The molecule has 0 aliphatic rings. The van der Waals surface area contributed by atoms with Crippen LogP contribution < -0.4 is 9.46 Å². The number of nitrogens with one attached hydrogen (secondary N) is 1. The van der Waals surface area contributed by atoms with Crippen molar-refractivity contribution in [2.75, 3.05) is 11.8 Å². The Bertz CT molecular complexity index is 1430. The third-order valence-electron chi connectivity index (χ3n) is 4.96. The second-order valence-corrected chi connectivity index (χ2v) is 8.78. The Balaban J connectivity index is 1.87. The summed E-state index contributed by atoms with van der Waals surface area (Å²) in [4.78, 5) is 0.0352. The Kier molecular flexibility index (Phi) is 6.11. The van der Waals surface area contributed by atoms with E-state index < -0.39 is 15.8 Å². The fourth-order valence-electron chi connectivity index (χ4n) is 3.40. The molecule has 0 saturated carbocycles. The largest absolute Gasteiger partial charge is 0.494 e. The molecular weight excluding hydrogens is 443 g/mol. The second-order valence-electron chi connectivity index (χ2n) is 7.10. The van der Waals surface area contributed by atoms with Crippen molar-refractivity contribution in [2.45, 2.75) is 11.4 Å². The lowest BCUT2D eigenvalue weighted by Crippen LogP contribution is -2.14. The van der Waals surface area contributed by atoms with Gasteiger partial charge in [0.25, 0.3) is 10.0 Å². The van der Waals surface area contributed by atoms with Gasteiger partial charge in [0.15, 0.2) is 17.4 Å². The van der Waals surface area contributed by atoms with Crippen LogP contribution in [0.3, 0.4) is 0 Å². The average Bonchev–Trinajstić information content (AvgIpc) is 3.16. The van der Waals surface area contributed by atoms with Gasteiger partial charge in [-0.15, -0.1) is 0 Å². The van der Waals surface area contributed by atoms with Crippen LogP contribution in [0.15, 0.2) is 83.8 Å². The lowest BCUT2D eigenvalue weighted by Gasteiger charge is -2.09. The molecule has 4 rings (SSSR count). The number of anilines is 1. The van der Waals surface area contributed by atoms with E-state index in [1.165, 1.54) is 36.1 Å². The Hall–Kier alpha value is -4.16. The molecule has 0 spiro atoms. The van der Waals surface area contributed by atoms with Gasteiger partial charge in [-0.1, -0.05) is 54.6 Å². The molecule has 1 heterocycles. The zero-order valence-corrected chi connectivity index (χ0v) is 18.4. The number of methoxy groups -OCH3 is 1. The van der Waals surface area contributed by atoms with E-state index >= 15 is 0 Å². The third kappa shape index (κ3) is 4.56. The molecule has 9 heteroatoms. The Morgan fingerprint density at radius 3 is 2.33 bits per heavy atom. The highest BCUT2D eigenvalue weighted by Crippen LogP contribution is 2.35. The molecule has 0 radical (unpaired) electrons. The molecule has 4 aromatic rings. The van der Waals surface area contributed by atoms with Gasteiger partial charge in [0.05, 0.1) is 24.1 Å². The molecule has 0 bridgehead atoms. The molecule has 166 valence electrons. The summed E-state index contributed by atoms with van der Waals surface area (Å²) in [5.74, 6) is -0.692.